The van der Waals surface area contributed by atoms with Crippen LogP contribution in [0.5, 0.6) is 0 Å². The molecule has 1 atom stereocenters. The Morgan fingerprint density at radius 3 is 2.63 bits per heavy atom. The van der Waals surface area contributed by atoms with E-state index in [1.54, 1.807) is 6.20 Å². The van der Waals surface area contributed by atoms with Gasteiger partial charge in [0.2, 0.25) is 0 Å². The van der Waals surface area contributed by atoms with Gasteiger partial charge >= 0.3 is 0 Å². The first-order chi connectivity index (χ1) is 9.21. The number of nitrogens with zero attached hydrogens (tertiary/aromatic N) is 5. The van der Waals surface area contributed by atoms with Crippen molar-refractivity contribution >= 4 is 0 Å². The molecule has 6 nitrogen and oxygen atoms in total. The number of aromatic nitrogens is 3. The summed E-state index contributed by atoms with van der Waals surface area (Å²) in [5, 5.41) is 17.9. The lowest BCUT2D eigenvalue weighted by Crippen LogP contribution is -2.10. The van der Waals surface area contributed by atoms with Crippen molar-refractivity contribution in [3.63, 3.8) is 0 Å². The Balaban J connectivity index is 2.42. The van der Waals surface area contributed by atoms with Gasteiger partial charge in [-0.2, -0.15) is 10.5 Å². The van der Waals surface area contributed by atoms with E-state index in [0.717, 1.165) is 12.1 Å². The lowest BCUT2D eigenvalue weighted by molar-refractivity contribution is 0.675. The standard InChI is InChI=1S/C13H12N6/c1-2-10(16)11-4-3-9(7-17-11)19-8-18-12(5-14)13(19)6-15/h3-4,7-8,10H,2,16H2,1H3/t10-/m0/s1. The third-order valence-corrected chi connectivity index (χ3v) is 2.85. The molecule has 0 saturated heterocycles. The summed E-state index contributed by atoms with van der Waals surface area (Å²) >= 11 is 0. The quantitative estimate of drug-likeness (QED) is 0.889. The number of pyridine rings is 1. The molecule has 0 aliphatic carbocycles. The molecule has 0 aromatic carbocycles. The van der Waals surface area contributed by atoms with Crippen molar-refractivity contribution in [3.8, 4) is 17.8 Å². The average Bonchev–Trinajstić information content (AvgIpc) is 2.89. The van der Waals surface area contributed by atoms with E-state index in [2.05, 4.69) is 9.97 Å². The molecule has 0 unspecified atom stereocenters. The average molecular weight is 252 g/mol. The second-order valence-electron chi connectivity index (χ2n) is 3.99. The molecule has 0 amide bonds. The fourth-order valence-corrected chi connectivity index (χ4v) is 1.70. The van der Waals surface area contributed by atoms with E-state index in [-0.39, 0.29) is 17.4 Å². The summed E-state index contributed by atoms with van der Waals surface area (Å²) < 4.78 is 1.53. The monoisotopic (exact) mass is 252 g/mol. The SMILES string of the molecule is CC[C@H](N)c1ccc(-n2cnc(C#N)c2C#N)cn1. The Hall–Kier alpha value is -2.70. The van der Waals surface area contributed by atoms with Crippen LogP contribution in [0.3, 0.4) is 0 Å². The molecule has 94 valence electrons. The van der Waals surface area contributed by atoms with E-state index in [4.69, 9.17) is 16.3 Å². The molecule has 0 aliphatic rings. The molecule has 0 spiro atoms. The molecule has 2 aromatic heterocycles. The lowest BCUT2D eigenvalue weighted by Gasteiger charge is -2.09. The van der Waals surface area contributed by atoms with Crippen molar-refractivity contribution < 1.29 is 0 Å². The maximum absolute atomic E-state index is 9.06. The Morgan fingerprint density at radius 2 is 2.11 bits per heavy atom. The number of nitriles is 2. The van der Waals surface area contributed by atoms with E-state index in [1.165, 1.54) is 10.9 Å². The highest BCUT2D eigenvalue weighted by molar-refractivity contribution is 5.43. The molecule has 0 fully saturated rings. The van der Waals surface area contributed by atoms with Crippen LogP contribution < -0.4 is 5.73 Å². The summed E-state index contributed by atoms with van der Waals surface area (Å²) in [5.41, 5.74) is 7.68. The van der Waals surface area contributed by atoms with Crippen LogP contribution in [0.15, 0.2) is 24.7 Å². The van der Waals surface area contributed by atoms with Crippen LogP contribution in [0.1, 0.15) is 36.5 Å². The van der Waals surface area contributed by atoms with Gasteiger partial charge in [0.15, 0.2) is 11.4 Å². The van der Waals surface area contributed by atoms with Gasteiger partial charge in [-0.05, 0) is 18.6 Å². The topological polar surface area (TPSA) is 104 Å². The number of hydrogen-bond acceptors (Lipinski definition) is 5. The van der Waals surface area contributed by atoms with Gasteiger partial charge in [-0.25, -0.2) is 4.98 Å². The van der Waals surface area contributed by atoms with Crippen molar-refractivity contribution in [1.29, 1.82) is 10.5 Å². The second-order valence-corrected chi connectivity index (χ2v) is 3.99. The predicted octanol–water partition coefficient (Wildman–Crippen LogP) is 1.42. The van der Waals surface area contributed by atoms with Gasteiger partial charge in [-0.3, -0.25) is 9.55 Å². The molecule has 2 heterocycles. The van der Waals surface area contributed by atoms with Gasteiger partial charge in [-0.1, -0.05) is 6.92 Å². The van der Waals surface area contributed by atoms with E-state index in [9.17, 15) is 0 Å². The minimum absolute atomic E-state index is 0.0954. The van der Waals surface area contributed by atoms with Crippen molar-refractivity contribution in [2.45, 2.75) is 19.4 Å². The smallest absolute Gasteiger partial charge is 0.177 e. The first-order valence-electron chi connectivity index (χ1n) is 5.80. The fraction of sp³-hybridized carbons (Fsp3) is 0.231. The molecule has 19 heavy (non-hydrogen) atoms. The van der Waals surface area contributed by atoms with Crippen LogP contribution in [0.4, 0.5) is 0 Å². The van der Waals surface area contributed by atoms with Gasteiger partial charge in [-0.15, -0.1) is 0 Å². The molecule has 2 aromatic rings. The Labute approximate surface area is 110 Å². The maximum atomic E-state index is 9.06. The summed E-state index contributed by atoms with van der Waals surface area (Å²) in [4.78, 5) is 8.15. The van der Waals surface area contributed by atoms with Crippen molar-refractivity contribution in [3.05, 3.63) is 41.7 Å². The third-order valence-electron chi connectivity index (χ3n) is 2.85. The summed E-state index contributed by atoms with van der Waals surface area (Å²) in [7, 11) is 0. The highest BCUT2D eigenvalue weighted by Crippen LogP contribution is 2.16. The zero-order valence-corrected chi connectivity index (χ0v) is 10.4. The van der Waals surface area contributed by atoms with E-state index >= 15 is 0 Å². The maximum Gasteiger partial charge on any atom is 0.177 e. The molecule has 0 saturated carbocycles. The van der Waals surface area contributed by atoms with Gasteiger partial charge in [0.1, 0.15) is 18.5 Å². The summed E-state index contributed by atoms with van der Waals surface area (Å²) in [6.07, 6.45) is 3.86. The van der Waals surface area contributed by atoms with Crippen LogP contribution in [0, 0.1) is 22.7 Å². The molecular formula is C13H12N6. The van der Waals surface area contributed by atoms with Gasteiger partial charge < -0.3 is 5.73 Å². The molecular weight excluding hydrogens is 240 g/mol. The normalized spacial score (nSPS) is 11.6. The number of imidazole rings is 1. The van der Waals surface area contributed by atoms with E-state index in [0.29, 0.717) is 5.69 Å². The van der Waals surface area contributed by atoms with Crippen LogP contribution in [0.2, 0.25) is 0 Å². The third kappa shape index (κ3) is 2.30. The van der Waals surface area contributed by atoms with Gasteiger partial charge in [0.05, 0.1) is 17.6 Å². The minimum Gasteiger partial charge on any atom is -0.323 e. The lowest BCUT2D eigenvalue weighted by atomic mass is 10.1. The number of nitrogens with two attached hydrogens (primary N) is 1. The predicted molar refractivity (Wildman–Crippen MR) is 68.0 cm³/mol. The molecule has 0 radical (unpaired) electrons. The van der Waals surface area contributed by atoms with Gasteiger partial charge in [0.25, 0.3) is 0 Å². The highest BCUT2D eigenvalue weighted by Gasteiger charge is 2.12. The zero-order chi connectivity index (χ0) is 13.8. The highest BCUT2D eigenvalue weighted by atomic mass is 15.1. The Kier molecular flexibility index (Phi) is 3.56. The largest absolute Gasteiger partial charge is 0.323 e. The molecule has 2 N–H and O–H groups in total. The molecule has 6 heteroatoms. The Morgan fingerprint density at radius 1 is 1.32 bits per heavy atom. The molecule has 0 aliphatic heterocycles. The van der Waals surface area contributed by atoms with Gasteiger partial charge in [0, 0.05) is 6.04 Å². The first-order valence-corrected chi connectivity index (χ1v) is 5.80. The Bertz CT molecular complexity index is 656. The van der Waals surface area contributed by atoms with Crippen molar-refractivity contribution in [1.82, 2.24) is 14.5 Å². The summed E-state index contributed by atoms with van der Waals surface area (Å²) in [6.45, 7) is 1.99. The number of hydrogen-bond donors (Lipinski definition) is 1. The fourth-order valence-electron chi connectivity index (χ4n) is 1.70. The molecule has 2 rings (SSSR count). The van der Waals surface area contributed by atoms with Crippen LogP contribution >= 0.6 is 0 Å². The minimum atomic E-state index is -0.0954. The van der Waals surface area contributed by atoms with Crippen molar-refractivity contribution in [2.75, 3.05) is 0 Å². The van der Waals surface area contributed by atoms with Crippen molar-refractivity contribution in [2.24, 2.45) is 5.73 Å². The number of rotatable bonds is 3. The zero-order valence-electron chi connectivity index (χ0n) is 10.4. The van der Waals surface area contributed by atoms with E-state index in [1.807, 2.05) is 31.2 Å². The first kappa shape index (κ1) is 12.7. The van der Waals surface area contributed by atoms with Crippen LogP contribution in [0.25, 0.3) is 5.69 Å². The second kappa shape index (κ2) is 5.30. The van der Waals surface area contributed by atoms with Crippen LogP contribution in [-0.2, 0) is 0 Å². The van der Waals surface area contributed by atoms with E-state index < -0.39 is 0 Å². The summed E-state index contributed by atoms with van der Waals surface area (Å²) in [6, 6.07) is 7.38. The molecule has 0 bridgehead atoms. The summed E-state index contributed by atoms with van der Waals surface area (Å²) in [5.74, 6) is 0. The van der Waals surface area contributed by atoms with Crippen LogP contribution in [-0.4, -0.2) is 14.5 Å².